The van der Waals surface area contributed by atoms with Gasteiger partial charge in [0.25, 0.3) is 5.56 Å². The van der Waals surface area contributed by atoms with E-state index in [1.165, 1.54) is 4.57 Å². The highest BCUT2D eigenvalue weighted by molar-refractivity contribution is 6.04. The Hall–Kier alpha value is -2.63. The van der Waals surface area contributed by atoms with Crippen molar-refractivity contribution in [1.29, 1.82) is 0 Å². The van der Waals surface area contributed by atoms with E-state index >= 15 is 0 Å². The fraction of sp³-hybridized carbons (Fsp3) is 0.353. The molecular weight excluding hydrogens is 294 g/mol. The van der Waals surface area contributed by atoms with E-state index in [-0.39, 0.29) is 17.3 Å². The standard InChI is InChI=1S/C17H17N3O3/c1-3-19-16(21)12-9-18-14-11(5-4-6-13(14)23-2)15(12)20(17(19)22)10-7-8-10/h4-6,9-10H,3,7-8H2,1-2H3. The number of hydrogen-bond donors (Lipinski definition) is 0. The largest absolute Gasteiger partial charge is 0.494 e. The van der Waals surface area contributed by atoms with Gasteiger partial charge in [-0.2, -0.15) is 0 Å². The highest BCUT2D eigenvalue weighted by Gasteiger charge is 2.29. The molecule has 3 aromatic rings. The van der Waals surface area contributed by atoms with Crippen molar-refractivity contribution in [3.63, 3.8) is 0 Å². The number of methoxy groups -OCH3 is 1. The van der Waals surface area contributed by atoms with Crippen LogP contribution in [0.1, 0.15) is 25.8 Å². The summed E-state index contributed by atoms with van der Waals surface area (Å²) in [6, 6.07) is 5.74. The summed E-state index contributed by atoms with van der Waals surface area (Å²) in [4.78, 5) is 29.9. The van der Waals surface area contributed by atoms with E-state index in [0.717, 1.165) is 18.2 Å². The number of ether oxygens (including phenoxy) is 1. The Morgan fingerprint density at radius 3 is 2.70 bits per heavy atom. The number of para-hydroxylation sites is 1. The molecule has 1 aromatic carbocycles. The number of fused-ring (bicyclic) bond motifs is 3. The zero-order valence-corrected chi connectivity index (χ0v) is 13.1. The third-order valence-corrected chi connectivity index (χ3v) is 4.43. The minimum Gasteiger partial charge on any atom is -0.494 e. The molecule has 0 saturated heterocycles. The summed E-state index contributed by atoms with van der Waals surface area (Å²) in [5, 5.41) is 1.27. The Morgan fingerprint density at radius 2 is 2.04 bits per heavy atom. The molecule has 0 spiro atoms. The molecule has 0 atom stereocenters. The van der Waals surface area contributed by atoms with E-state index in [0.29, 0.717) is 28.7 Å². The molecule has 6 nitrogen and oxygen atoms in total. The van der Waals surface area contributed by atoms with E-state index < -0.39 is 0 Å². The Kier molecular flexibility index (Phi) is 3.01. The molecule has 4 rings (SSSR count). The van der Waals surface area contributed by atoms with Crippen LogP contribution in [-0.4, -0.2) is 21.2 Å². The van der Waals surface area contributed by atoms with E-state index in [9.17, 15) is 9.59 Å². The van der Waals surface area contributed by atoms with E-state index in [1.807, 2.05) is 25.1 Å². The minimum absolute atomic E-state index is 0.167. The molecule has 0 unspecified atom stereocenters. The lowest BCUT2D eigenvalue weighted by atomic mass is 10.1. The van der Waals surface area contributed by atoms with Crippen molar-refractivity contribution in [2.45, 2.75) is 32.4 Å². The van der Waals surface area contributed by atoms with Gasteiger partial charge < -0.3 is 4.74 Å². The van der Waals surface area contributed by atoms with Crippen LogP contribution in [0.4, 0.5) is 0 Å². The maximum absolute atomic E-state index is 12.8. The van der Waals surface area contributed by atoms with Crippen LogP contribution < -0.4 is 16.0 Å². The first-order chi connectivity index (χ1) is 11.2. The Balaban J connectivity index is 2.29. The third kappa shape index (κ3) is 1.91. The summed E-state index contributed by atoms with van der Waals surface area (Å²) in [6.07, 6.45) is 3.49. The molecule has 118 valence electrons. The van der Waals surface area contributed by atoms with Crippen molar-refractivity contribution in [3.05, 3.63) is 45.2 Å². The van der Waals surface area contributed by atoms with Crippen molar-refractivity contribution < 1.29 is 4.74 Å². The van der Waals surface area contributed by atoms with Gasteiger partial charge in [-0.3, -0.25) is 18.9 Å². The molecule has 2 heterocycles. The summed E-state index contributed by atoms with van der Waals surface area (Å²) in [7, 11) is 1.59. The van der Waals surface area contributed by atoms with Crippen LogP contribution in [0.3, 0.4) is 0 Å². The Morgan fingerprint density at radius 1 is 1.26 bits per heavy atom. The van der Waals surface area contributed by atoms with Gasteiger partial charge in [-0.1, -0.05) is 12.1 Å². The van der Waals surface area contributed by atoms with Gasteiger partial charge in [0.15, 0.2) is 0 Å². The van der Waals surface area contributed by atoms with Crippen molar-refractivity contribution in [1.82, 2.24) is 14.1 Å². The molecule has 0 amide bonds. The Labute approximate surface area is 131 Å². The zero-order valence-electron chi connectivity index (χ0n) is 13.1. The summed E-state index contributed by atoms with van der Waals surface area (Å²) >= 11 is 0. The van der Waals surface area contributed by atoms with E-state index in [4.69, 9.17) is 4.74 Å². The average Bonchev–Trinajstić information content (AvgIpc) is 3.39. The monoisotopic (exact) mass is 311 g/mol. The van der Waals surface area contributed by atoms with E-state index in [1.54, 1.807) is 17.9 Å². The maximum atomic E-state index is 12.8. The molecule has 0 bridgehead atoms. The second-order valence-electron chi connectivity index (χ2n) is 5.81. The molecule has 1 fully saturated rings. The predicted octanol–water partition coefficient (Wildman–Crippen LogP) is 2.07. The van der Waals surface area contributed by atoms with Gasteiger partial charge in [-0.15, -0.1) is 0 Å². The number of hydrogen-bond acceptors (Lipinski definition) is 4. The fourth-order valence-corrected chi connectivity index (χ4v) is 3.17. The lowest BCUT2D eigenvalue weighted by Crippen LogP contribution is -2.39. The Bertz CT molecular complexity index is 1040. The smallest absolute Gasteiger partial charge is 0.331 e. The number of pyridine rings is 1. The second kappa shape index (κ2) is 4.94. The summed E-state index contributed by atoms with van der Waals surface area (Å²) in [6.45, 7) is 2.17. The lowest BCUT2D eigenvalue weighted by Gasteiger charge is -2.15. The summed E-state index contributed by atoms with van der Waals surface area (Å²) in [5.41, 5.74) is 0.838. The van der Waals surface area contributed by atoms with Crippen molar-refractivity contribution in [3.8, 4) is 5.75 Å². The normalized spacial score (nSPS) is 14.5. The lowest BCUT2D eigenvalue weighted by molar-refractivity contribution is 0.419. The fourth-order valence-electron chi connectivity index (χ4n) is 3.17. The van der Waals surface area contributed by atoms with Gasteiger partial charge >= 0.3 is 5.69 Å². The van der Waals surface area contributed by atoms with E-state index in [2.05, 4.69) is 4.98 Å². The van der Waals surface area contributed by atoms with Crippen LogP contribution in [-0.2, 0) is 6.54 Å². The number of rotatable bonds is 3. The first-order valence-corrected chi connectivity index (χ1v) is 7.78. The number of nitrogens with zero attached hydrogens (tertiary/aromatic N) is 3. The molecule has 0 N–H and O–H groups in total. The summed E-state index contributed by atoms with van der Waals surface area (Å²) < 4.78 is 8.42. The first kappa shape index (κ1) is 14.0. The van der Waals surface area contributed by atoms with Crippen molar-refractivity contribution in [2.75, 3.05) is 7.11 Å². The number of benzene rings is 1. The highest BCUT2D eigenvalue weighted by atomic mass is 16.5. The molecule has 0 radical (unpaired) electrons. The van der Waals surface area contributed by atoms with Gasteiger partial charge in [-0.05, 0) is 25.8 Å². The van der Waals surface area contributed by atoms with Crippen LogP contribution in [0.25, 0.3) is 21.8 Å². The van der Waals surface area contributed by atoms with Crippen molar-refractivity contribution >= 4 is 21.8 Å². The molecule has 1 aliphatic carbocycles. The average molecular weight is 311 g/mol. The molecule has 1 saturated carbocycles. The van der Waals surface area contributed by atoms with Crippen LogP contribution >= 0.6 is 0 Å². The van der Waals surface area contributed by atoms with Gasteiger partial charge in [0.05, 0.1) is 18.0 Å². The van der Waals surface area contributed by atoms with Gasteiger partial charge in [-0.25, -0.2) is 4.79 Å². The number of aromatic nitrogens is 3. The molecule has 0 aliphatic heterocycles. The first-order valence-electron chi connectivity index (χ1n) is 7.78. The second-order valence-corrected chi connectivity index (χ2v) is 5.81. The zero-order chi connectivity index (χ0) is 16.1. The minimum atomic E-state index is -0.276. The maximum Gasteiger partial charge on any atom is 0.331 e. The molecule has 2 aromatic heterocycles. The van der Waals surface area contributed by atoms with Crippen LogP contribution in [0.2, 0.25) is 0 Å². The highest BCUT2D eigenvalue weighted by Crippen LogP contribution is 2.37. The van der Waals surface area contributed by atoms with Crippen molar-refractivity contribution in [2.24, 2.45) is 0 Å². The van der Waals surface area contributed by atoms with Gasteiger partial charge in [0.1, 0.15) is 11.3 Å². The quantitative estimate of drug-likeness (QED) is 0.695. The van der Waals surface area contributed by atoms with Crippen LogP contribution in [0.5, 0.6) is 5.75 Å². The SMILES string of the molecule is CCn1c(=O)c2cnc3c(OC)cccc3c2n(C2CC2)c1=O. The predicted molar refractivity (Wildman–Crippen MR) is 88.3 cm³/mol. The molecule has 23 heavy (non-hydrogen) atoms. The van der Waals surface area contributed by atoms with Crippen LogP contribution in [0, 0.1) is 0 Å². The molecular formula is C17H17N3O3. The summed E-state index contributed by atoms with van der Waals surface area (Å²) in [5.74, 6) is 0.638. The van der Waals surface area contributed by atoms with Gasteiger partial charge in [0.2, 0.25) is 0 Å². The van der Waals surface area contributed by atoms with Gasteiger partial charge in [0, 0.05) is 24.2 Å². The third-order valence-electron chi connectivity index (χ3n) is 4.43. The van der Waals surface area contributed by atoms with Crippen LogP contribution in [0.15, 0.2) is 34.0 Å². The topological polar surface area (TPSA) is 66.1 Å². The molecule has 1 aliphatic rings. The molecule has 6 heteroatoms.